The molecule has 0 aliphatic heterocycles. The maximum Gasteiger partial charge on any atom is 0.262 e. The van der Waals surface area contributed by atoms with E-state index >= 15 is 0 Å². The summed E-state index contributed by atoms with van der Waals surface area (Å²) in [5.41, 5.74) is -0.691. The molecule has 1 N–H and O–H groups in total. The molecule has 0 aliphatic carbocycles. The van der Waals surface area contributed by atoms with Gasteiger partial charge in [-0.3, -0.25) is 14.2 Å². The van der Waals surface area contributed by atoms with Crippen LogP contribution in [0.25, 0.3) is 16.5 Å². The number of pyridine rings is 1. The van der Waals surface area contributed by atoms with E-state index in [2.05, 4.69) is 5.32 Å². The van der Waals surface area contributed by atoms with Gasteiger partial charge in [0.1, 0.15) is 0 Å². The predicted molar refractivity (Wildman–Crippen MR) is 93.6 cm³/mol. The first-order valence-corrected chi connectivity index (χ1v) is 8.00. The topological polar surface area (TPSA) is 60.3 Å². The van der Waals surface area contributed by atoms with Gasteiger partial charge in [0.2, 0.25) is 0 Å². The van der Waals surface area contributed by atoms with Crippen LogP contribution < -0.4 is 10.9 Å². The van der Waals surface area contributed by atoms with Crippen LogP contribution in [0.2, 0.25) is 0 Å². The van der Waals surface area contributed by atoms with E-state index in [0.717, 1.165) is 4.57 Å². The highest BCUT2D eigenvalue weighted by Crippen LogP contribution is 2.20. The van der Waals surface area contributed by atoms with Gasteiger partial charge in [0.05, 0.1) is 17.9 Å². The molecular formula is C19H15F3N2O3. The van der Waals surface area contributed by atoms with Gasteiger partial charge in [-0.2, -0.15) is 0 Å². The van der Waals surface area contributed by atoms with Gasteiger partial charge in [-0.15, -0.1) is 0 Å². The van der Waals surface area contributed by atoms with E-state index in [1.54, 1.807) is 18.2 Å². The number of carbonyl (C=O) groups excluding carboxylic acids is 1. The van der Waals surface area contributed by atoms with Crippen molar-refractivity contribution >= 4 is 16.7 Å². The summed E-state index contributed by atoms with van der Waals surface area (Å²) in [6, 6.07) is 7.75. The molecular weight excluding hydrogens is 361 g/mol. The molecule has 0 saturated heterocycles. The van der Waals surface area contributed by atoms with Gasteiger partial charge in [-0.05, 0) is 6.07 Å². The number of hydrogen-bond acceptors (Lipinski definition) is 3. The number of halogens is 3. The first kappa shape index (κ1) is 18.7. The third-order valence-corrected chi connectivity index (χ3v) is 4.01. The Hall–Kier alpha value is -3.13. The minimum atomic E-state index is -1.63. The highest BCUT2D eigenvalue weighted by Gasteiger charge is 2.17. The normalized spacial score (nSPS) is 11.0. The Morgan fingerprint density at radius 1 is 1.11 bits per heavy atom. The predicted octanol–water partition coefficient (Wildman–Crippen LogP) is 2.78. The van der Waals surface area contributed by atoms with Gasteiger partial charge in [-0.25, -0.2) is 13.2 Å². The Morgan fingerprint density at radius 3 is 2.37 bits per heavy atom. The number of carbonyl (C=O) groups is 1. The van der Waals surface area contributed by atoms with Crippen LogP contribution in [0.15, 0.2) is 47.4 Å². The maximum atomic E-state index is 13.6. The van der Waals surface area contributed by atoms with Crippen molar-refractivity contribution in [3.05, 3.63) is 76.0 Å². The molecule has 0 saturated carbocycles. The van der Waals surface area contributed by atoms with E-state index in [4.69, 9.17) is 4.74 Å². The Balaban J connectivity index is 2.21. The summed E-state index contributed by atoms with van der Waals surface area (Å²) in [6.45, 7) is 0.528. The fourth-order valence-corrected chi connectivity index (χ4v) is 2.71. The van der Waals surface area contributed by atoms with Crippen LogP contribution in [-0.2, 0) is 4.74 Å². The lowest BCUT2D eigenvalue weighted by Crippen LogP contribution is -2.29. The Labute approximate surface area is 152 Å². The van der Waals surface area contributed by atoms with Crippen molar-refractivity contribution in [1.82, 2.24) is 9.88 Å². The lowest BCUT2D eigenvalue weighted by molar-refractivity contribution is 0.0938. The zero-order valence-corrected chi connectivity index (χ0v) is 14.3. The first-order valence-electron chi connectivity index (χ1n) is 8.00. The zero-order chi connectivity index (χ0) is 19.6. The van der Waals surface area contributed by atoms with Crippen molar-refractivity contribution in [3.8, 4) is 5.69 Å². The molecule has 1 heterocycles. The van der Waals surface area contributed by atoms with Crippen LogP contribution >= 0.6 is 0 Å². The number of nitrogens with zero attached hydrogens (tertiary/aromatic N) is 1. The molecule has 1 aromatic heterocycles. The molecule has 8 heteroatoms. The average Bonchev–Trinajstić information content (AvgIpc) is 2.66. The smallest absolute Gasteiger partial charge is 0.262 e. The van der Waals surface area contributed by atoms with Crippen LogP contribution in [0.1, 0.15) is 10.4 Å². The largest absolute Gasteiger partial charge is 0.383 e. The molecule has 0 unspecified atom stereocenters. The van der Waals surface area contributed by atoms with Crippen molar-refractivity contribution in [2.24, 2.45) is 0 Å². The van der Waals surface area contributed by atoms with E-state index in [9.17, 15) is 22.8 Å². The van der Waals surface area contributed by atoms with Crippen LogP contribution in [0.5, 0.6) is 0 Å². The summed E-state index contributed by atoms with van der Waals surface area (Å²) in [5.74, 6) is -4.99. The van der Waals surface area contributed by atoms with Crippen LogP contribution in [0.4, 0.5) is 13.2 Å². The number of methoxy groups -OCH3 is 1. The fraction of sp³-hybridized carbons (Fsp3) is 0.158. The van der Waals surface area contributed by atoms with Crippen LogP contribution in [0.3, 0.4) is 0 Å². The van der Waals surface area contributed by atoms with E-state index in [1.807, 2.05) is 0 Å². The summed E-state index contributed by atoms with van der Waals surface area (Å²) in [4.78, 5) is 25.3. The molecule has 0 radical (unpaired) electrons. The Morgan fingerprint density at radius 2 is 1.74 bits per heavy atom. The second-order valence-corrected chi connectivity index (χ2v) is 5.74. The monoisotopic (exact) mass is 376 g/mol. The fourth-order valence-electron chi connectivity index (χ4n) is 2.71. The molecule has 3 aromatic rings. The summed E-state index contributed by atoms with van der Waals surface area (Å²) in [6.07, 6.45) is 1.18. The standard InChI is InChI=1S/C19H15F3N2O3/c1-27-7-6-23-18(25)14-10-24(11-8-15(20)17(22)16(21)9-11)19(26)13-5-3-2-4-12(13)14/h2-5,8-10H,6-7H2,1H3,(H,23,25). The number of rotatable bonds is 5. The zero-order valence-electron chi connectivity index (χ0n) is 14.3. The summed E-state index contributed by atoms with van der Waals surface area (Å²) in [5, 5.41) is 3.20. The van der Waals surface area contributed by atoms with Gasteiger partial charge >= 0.3 is 0 Å². The lowest BCUT2D eigenvalue weighted by Gasteiger charge is -2.13. The number of amides is 1. The average molecular weight is 376 g/mol. The lowest BCUT2D eigenvalue weighted by atomic mass is 10.1. The van der Waals surface area contributed by atoms with Crippen molar-refractivity contribution in [2.75, 3.05) is 20.3 Å². The van der Waals surface area contributed by atoms with Gasteiger partial charge < -0.3 is 10.1 Å². The molecule has 140 valence electrons. The van der Waals surface area contributed by atoms with E-state index in [-0.39, 0.29) is 29.8 Å². The maximum absolute atomic E-state index is 13.6. The van der Waals surface area contributed by atoms with E-state index in [1.165, 1.54) is 19.4 Å². The number of ether oxygens (including phenoxy) is 1. The number of aromatic nitrogens is 1. The minimum Gasteiger partial charge on any atom is -0.383 e. The van der Waals surface area contributed by atoms with Crippen LogP contribution in [-0.4, -0.2) is 30.7 Å². The Kier molecular flexibility index (Phi) is 5.27. The van der Waals surface area contributed by atoms with Crippen LogP contribution in [0, 0.1) is 17.5 Å². The van der Waals surface area contributed by atoms with Crippen molar-refractivity contribution in [1.29, 1.82) is 0 Å². The van der Waals surface area contributed by atoms with E-state index < -0.39 is 28.9 Å². The highest BCUT2D eigenvalue weighted by molar-refractivity contribution is 6.06. The van der Waals surface area contributed by atoms with E-state index in [0.29, 0.717) is 17.5 Å². The summed E-state index contributed by atoms with van der Waals surface area (Å²) < 4.78 is 46.3. The molecule has 0 aliphatic rings. The molecule has 3 rings (SSSR count). The second-order valence-electron chi connectivity index (χ2n) is 5.74. The molecule has 0 spiro atoms. The second kappa shape index (κ2) is 7.63. The quantitative estimate of drug-likeness (QED) is 0.550. The summed E-state index contributed by atoms with van der Waals surface area (Å²) >= 11 is 0. The number of fused-ring (bicyclic) bond motifs is 1. The number of hydrogen-bond donors (Lipinski definition) is 1. The van der Waals surface area contributed by atoms with Crippen molar-refractivity contribution in [2.45, 2.75) is 0 Å². The molecule has 2 aromatic carbocycles. The van der Waals surface area contributed by atoms with Crippen molar-refractivity contribution < 1.29 is 22.7 Å². The Bertz CT molecular complexity index is 1060. The highest BCUT2D eigenvalue weighted by atomic mass is 19.2. The van der Waals surface area contributed by atoms with Gasteiger partial charge in [0.15, 0.2) is 17.5 Å². The molecule has 0 fully saturated rings. The van der Waals surface area contributed by atoms with Gasteiger partial charge in [0.25, 0.3) is 11.5 Å². The molecule has 1 amide bonds. The van der Waals surface area contributed by atoms with Gasteiger partial charge in [0, 0.05) is 42.8 Å². The van der Waals surface area contributed by atoms with Gasteiger partial charge in [-0.1, -0.05) is 18.2 Å². The van der Waals surface area contributed by atoms with Crippen molar-refractivity contribution in [3.63, 3.8) is 0 Å². The first-order chi connectivity index (χ1) is 12.9. The molecule has 0 atom stereocenters. The SMILES string of the molecule is COCCNC(=O)c1cn(-c2cc(F)c(F)c(F)c2)c(=O)c2ccccc12. The minimum absolute atomic E-state index is 0.131. The molecule has 0 bridgehead atoms. The molecule has 5 nitrogen and oxygen atoms in total. The summed E-state index contributed by atoms with van der Waals surface area (Å²) in [7, 11) is 1.49. The number of nitrogens with one attached hydrogen (secondary N) is 1. The third-order valence-electron chi connectivity index (χ3n) is 4.01. The molecule has 27 heavy (non-hydrogen) atoms. The number of benzene rings is 2. The third kappa shape index (κ3) is 3.56.